The molecule has 1 atom stereocenters. The second-order valence-electron chi connectivity index (χ2n) is 7.12. The molecule has 0 aliphatic carbocycles. The van der Waals surface area contributed by atoms with Crippen molar-refractivity contribution in [3.63, 3.8) is 0 Å². The molecule has 0 saturated carbocycles. The topological polar surface area (TPSA) is 83.5 Å². The molecule has 8 heteroatoms. The van der Waals surface area contributed by atoms with Gasteiger partial charge in [-0.15, -0.1) is 0 Å². The van der Waals surface area contributed by atoms with Crippen molar-refractivity contribution in [1.82, 2.24) is 9.97 Å². The molecule has 27 heavy (non-hydrogen) atoms. The summed E-state index contributed by atoms with van der Waals surface area (Å²) in [4.78, 5) is 25.1. The maximum atomic E-state index is 13.1. The van der Waals surface area contributed by atoms with E-state index in [1.165, 1.54) is 11.9 Å². The first-order valence-corrected chi connectivity index (χ1v) is 10.9. The summed E-state index contributed by atoms with van der Waals surface area (Å²) in [5, 5.41) is 0. The summed E-state index contributed by atoms with van der Waals surface area (Å²) < 4.78 is 23.5. The van der Waals surface area contributed by atoms with E-state index in [2.05, 4.69) is 16.0 Å². The number of carbonyl (C=O) groups excluding carboxylic acids is 1. The number of benzene rings is 1. The number of fused-ring (bicyclic) bond motifs is 1. The minimum atomic E-state index is -2.99. The number of nitrogens with zero attached hydrogens (tertiary/aromatic N) is 4. The Morgan fingerprint density at radius 1 is 1.26 bits per heavy atom. The van der Waals surface area contributed by atoms with Crippen molar-refractivity contribution in [3.05, 3.63) is 47.9 Å². The highest BCUT2D eigenvalue weighted by Crippen LogP contribution is 2.28. The minimum Gasteiger partial charge on any atom is -0.356 e. The highest BCUT2D eigenvalue weighted by atomic mass is 32.2. The number of anilines is 2. The first-order chi connectivity index (χ1) is 12.9. The smallest absolute Gasteiger partial charge is 0.277 e. The lowest BCUT2D eigenvalue weighted by molar-refractivity contribution is 0.0980. The largest absolute Gasteiger partial charge is 0.356 e. The molecule has 1 fully saturated rings. The lowest BCUT2D eigenvalue weighted by atomic mass is 10.0. The van der Waals surface area contributed by atoms with E-state index < -0.39 is 9.84 Å². The van der Waals surface area contributed by atoms with Gasteiger partial charge in [0.1, 0.15) is 17.8 Å². The Kier molecular flexibility index (Phi) is 4.59. The van der Waals surface area contributed by atoms with E-state index in [-0.39, 0.29) is 23.5 Å². The van der Waals surface area contributed by atoms with Crippen molar-refractivity contribution in [2.45, 2.75) is 25.3 Å². The number of carbonyl (C=O) groups is 1. The van der Waals surface area contributed by atoms with E-state index in [4.69, 9.17) is 0 Å². The summed E-state index contributed by atoms with van der Waals surface area (Å²) in [6.07, 6.45) is 3.83. The third-order valence-corrected chi connectivity index (χ3v) is 7.10. The molecular weight excluding hydrogens is 364 g/mol. The van der Waals surface area contributed by atoms with Crippen LogP contribution in [0.25, 0.3) is 0 Å². The number of sulfone groups is 1. The molecule has 1 unspecified atom stereocenters. The van der Waals surface area contributed by atoms with Gasteiger partial charge in [0.05, 0.1) is 11.5 Å². The molecule has 1 aromatic heterocycles. The Bertz CT molecular complexity index is 976. The Morgan fingerprint density at radius 2 is 2.07 bits per heavy atom. The van der Waals surface area contributed by atoms with Crippen molar-refractivity contribution in [3.8, 4) is 0 Å². The van der Waals surface area contributed by atoms with Crippen LogP contribution in [0.2, 0.25) is 0 Å². The minimum absolute atomic E-state index is 0.121. The number of aryl methyl sites for hydroxylation is 1. The molecule has 7 nitrogen and oxygen atoms in total. The van der Waals surface area contributed by atoms with Gasteiger partial charge >= 0.3 is 0 Å². The van der Waals surface area contributed by atoms with Crippen LogP contribution >= 0.6 is 0 Å². The molecule has 3 heterocycles. The van der Waals surface area contributed by atoms with Crippen molar-refractivity contribution in [1.29, 1.82) is 0 Å². The summed E-state index contributed by atoms with van der Waals surface area (Å²) in [6.45, 7) is 0.659. The summed E-state index contributed by atoms with van der Waals surface area (Å²) in [7, 11) is -1.17. The van der Waals surface area contributed by atoms with Crippen molar-refractivity contribution in [2.24, 2.45) is 0 Å². The van der Waals surface area contributed by atoms with Gasteiger partial charge in [0.25, 0.3) is 5.91 Å². The fourth-order valence-electron chi connectivity index (χ4n) is 3.81. The zero-order valence-corrected chi connectivity index (χ0v) is 16.0. The Balaban J connectivity index is 1.59. The van der Waals surface area contributed by atoms with Gasteiger partial charge in [0.2, 0.25) is 0 Å². The first kappa shape index (κ1) is 17.9. The molecule has 2 aromatic rings. The third-order valence-electron chi connectivity index (χ3n) is 5.34. The fourth-order valence-corrected chi connectivity index (χ4v) is 5.58. The first-order valence-electron chi connectivity index (χ1n) is 9.10. The number of para-hydroxylation sites is 1. The van der Waals surface area contributed by atoms with Crippen LogP contribution in [-0.2, 0) is 16.3 Å². The van der Waals surface area contributed by atoms with E-state index in [0.29, 0.717) is 24.5 Å². The van der Waals surface area contributed by atoms with Gasteiger partial charge in [0.15, 0.2) is 9.84 Å². The van der Waals surface area contributed by atoms with Crippen LogP contribution in [0, 0.1) is 0 Å². The van der Waals surface area contributed by atoms with Crippen molar-refractivity contribution in [2.75, 3.05) is 34.9 Å². The Hall–Kier alpha value is -2.48. The Morgan fingerprint density at radius 3 is 2.85 bits per heavy atom. The molecule has 1 saturated heterocycles. The highest BCUT2D eigenvalue weighted by molar-refractivity contribution is 7.91. The predicted molar refractivity (Wildman–Crippen MR) is 104 cm³/mol. The van der Waals surface area contributed by atoms with Gasteiger partial charge in [-0.1, -0.05) is 18.2 Å². The van der Waals surface area contributed by atoms with E-state index in [9.17, 15) is 13.2 Å². The number of aromatic nitrogens is 2. The second-order valence-corrected chi connectivity index (χ2v) is 9.35. The van der Waals surface area contributed by atoms with Gasteiger partial charge in [-0.05, 0) is 30.9 Å². The van der Waals surface area contributed by atoms with Crippen LogP contribution < -0.4 is 9.80 Å². The van der Waals surface area contributed by atoms with Gasteiger partial charge in [0, 0.05) is 31.4 Å². The average Bonchev–Trinajstić information content (AvgIpc) is 3.06. The van der Waals surface area contributed by atoms with Gasteiger partial charge in [-0.3, -0.25) is 4.79 Å². The normalized spacial score (nSPS) is 20.9. The summed E-state index contributed by atoms with van der Waals surface area (Å²) in [5.74, 6) is 0.735. The molecule has 142 valence electrons. The zero-order chi connectivity index (χ0) is 19.0. The monoisotopic (exact) mass is 386 g/mol. The van der Waals surface area contributed by atoms with Crippen molar-refractivity contribution < 1.29 is 13.2 Å². The van der Waals surface area contributed by atoms with Crippen LogP contribution in [0.3, 0.4) is 0 Å². The summed E-state index contributed by atoms with van der Waals surface area (Å²) in [6, 6.07) is 9.47. The summed E-state index contributed by atoms with van der Waals surface area (Å²) >= 11 is 0. The van der Waals surface area contributed by atoms with Crippen molar-refractivity contribution >= 4 is 27.2 Å². The maximum Gasteiger partial charge on any atom is 0.277 e. The van der Waals surface area contributed by atoms with Crippen LogP contribution in [0.5, 0.6) is 0 Å². The van der Waals surface area contributed by atoms with Crippen LogP contribution in [-0.4, -0.2) is 55.4 Å². The van der Waals surface area contributed by atoms with Gasteiger partial charge in [-0.25, -0.2) is 18.4 Å². The van der Waals surface area contributed by atoms with E-state index in [1.807, 2.05) is 30.1 Å². The van der Waals surface area contributed by atoms with E-state index >= 15 is 0 Å². The molecule has 1 amide bonds. The third kappa shape index (κ3) is 3.53. The molecule has 2 aliphatic heterocycles. The number of rotatable bonds is 3. The molecule has 0 spiro atoms. The fraction of sp³-hybridized carbons (Fsp3) is 0.421. The molecule has 4 rings (SSSR count). The van der Waals surface area contributed by atoms with Crippen LogP contribution in [0.1, 0.15) is 28.9 Å². The van der Waals surface area contributed by atoms with E-state index in [0.717, 1.165) is 18.5 Å². The molecule has 0 radical (unpaired) electrons. The zero-order valence-electron chi connectivity index (χ0n) is 15.2. The lowest BCUT2D eigenvalue weighted by Gasteiger charge is -2.29. The number of amides is 1. The molecule has 2 aliphatic rings. The molecule has 0 bridgehead atoms. The predicted octanol–water partition coefficient (Wildman–Crippen LogP) is 1.69. The van der Waals surface area contributed by atoms with Crippen LogP contribution in [0.4, 0.5) is 11.5 Å². The molecule has 1 aromatic carbocycles. The maximum absolute atomic E-state index is 13.1. The number of hydrogen-bond donors (Lipinski definition) is 0. The summed E-state index contributed by atoms with van der Waals surface area (Å²) in [5.41, 5.74) is 2.42. The second kappa shape index (κ2) is 6.92. The highest BCUT2D eigenvalue weighted by Gasteiger charge is 2.32. The van der Waals surface area contributed by atoms with Gasteiger partial charge < -0.3 is 9.80 Å². The average molecular weight is 386 g/mol. The van der Waals surface area contributed by atoms with E-state index in [1.54, 1.807) is 11.0 Å². The Labute approximate surface area is 159 Å². The molecular formula is C19H22N4O3S. The quantitative estimate of drug-likeness (QED) is 0.798. The molecule has 0 N–H and O–H groups in total. The number of hydrogen-bond acceptors (Lipinski definition) is 6. The van der Waals surface area contributed by atoms with Gasteiger partial charge in [-0.2, -0.15) is 0 Å². The standard InChI is InChI=1S/C19H22N4O3S/c1-22(15-8-10-27(25,26)12-15)18-11-16(20-13-21-18)19(24)23-9-4-6-14-5-2-3-7-17(14)23/h2-3,5,7,11,13,15H,4,6,8-10,12H2,1H3. The SMILES string of the molecule is CN(c1cc(C(=O)N2CCCc3ccccc32)ncn1)C1CCS(=O)(=O)C1. The van der Waals surface area contributed by atoms with Crippen LogP contribution in [0.15, 0.2) is 36.7 Å². The lowest BCUT2D eigenvalue weighted by Crippen LogP contribution is -2.37.